The lowest BCUT2D eigenvalue weighted by atomic mass is 10.1. The molecule has 0 aliphatic heterocycles. The summed E-state index contributed by atoms with van der Waals surface area (Å²) in [7, 11) is 0. The van der Waals surface area contributed by atoms with Crippen molar-refractivity contribution in [2.24, 2.45) is 0 Å². The number of benzene rings is 2. The van der Waals surface area contributed by atoms with E-state index in [9.17, 15) is 9.59 Å². The molecule has 0 atom stereocenters. The highest BCUT2D eigenvalue weighted by atomic mass is 35.5. The second-order valence-corrected chi connectivity index (χ2v) is 7.20. The van der Waals surface area contributed by atoms with E-state index >= 15 is 0 Å². The predicted molar refractivity (Wildman–Crippen MR) is 120 cm³/mol. The monoisotopic (exact) mass is 451 g/mol. The number of Topliss-reactive ketones (excluding diaryl/α,β-unsaturated/α-hetero) is 1. The van der Waals surface area contributed by atoms with Crippen molar-refractivity contribution in [3.8, 4) is 0 Å². The van der Waals surface area contributed by atoms with E-state index in [-0.39, 0.29) is 11.7 Å². The topological polar surface area (TPSA) is 64.6 Å². The normalized spacial score (nSPS) is 10.7. The summed E-state index contributed by atoms with van der Waals surface area (Å²) < 4.78 is 10.9. The highest BCUT2D eigenvalue weighted by molar-refractivity contribution is 6.17. The molecule has 2 rings (SSSR count). The SMILES string of the molecule is O=C(CCCOCCOCCNC(=O)c1ccc(CCl)cc1)c1ccc(CCl)cc1. The Bertz CT molecular complexity index is 711. The number of nitrogens with one attached hydrogen (secondary N) is 1. The molecule has 0 unspecified atom stereocenters. The quantitative estimate of drug-likeness (QED) is 0.259. The number of carbonyl (C=O) groups excluding carboxylic acids is 2. The Kier molecular flexibility index (Phi) is 11.5. The predicted octanol–water partition coefficient (Wildman–Crippen LogP) is 4.59. The van der Waals surface area contributed by atoms with Gasteiger partial charge >= 0.3 is 0 Å². The first-order chi connectivity index (χ1) is 14.6. The van der Waals surface area contributed by atoms with Gasteiger partial charge in [0, 0.05) is 42.5 Å². The van der Waals surface area contributed by atoms with Gasteiger partial charge < -0.3 is 14.8 Å². The molecule has 5 nitrogen and oxygen atoms in total. The summed E-state index contributed by atoms with van der Waals surface area (Å²) in [6.45, 7) is 2.23. The maximum Gasteiger partial charge on any atom is 0.251 e. The van der Waals surface area contributed by atoms with E-state index in [0.29, 0.717) is 68.7 Å². The van der Waals surface area contributed by atoms with Crippen LogP contribution >= 0.6 is 23.2 Å². The Labute approximate surface area is 187 Å². The minimum Gasteiger partial charge on any atom is -0.379 e. The summed E-state index contributed by atoms with van der Waals surface area (Å²) in [6.07, 6.45) is 1.10. The van der Waals surface area contributed by atoms with Crippen LogP contribution in [0.3, 0.4) is 0 Å². The van der Waals surface area contributed by atoms with Crippen LogP contribution in [0.25, 0.3) is 0 Å². The van der Waals surface area contributed by atoms with Crippen molar-refractivity contribution in [2.45, 2.75) is 24.6 Å². The molecule has 0 fully saturated rings. The standard InChI is InChI=1S/C23H27Cl2NO4/c24-16-18-3-7-20(8-4-18)22(27)2-1-12-29-14-15-30-13-11-26-23(28)21-9-5-19(17-25)6-10-21/h3-10H,1-2,11-17H2,(H,26,28). The van der Waals surface area contributed by atoms with Gasteiger partial charge in [-0.25, -0.2) is 0 Å². The molecule has 0 radical (unpaired) electrons. The van der Waals surface area contributed by atoms with E-state index in [0.717, 1.165) is 11.1 Å². The van der Waals surface area contributed by atoms with Crippen molar-refractivity contribution in [3.05, 3.63) is 70.8 Å². The van der Waals surface area contributed by atoms with E-state index in [1.165, 1.54) is 0 Å². The molecular weight excluding hydrogens is 425 g/mol. The van der Waals surface area contributed by atoms with Crippen LogP contribution in [-0.4, -0.2) is 44.7 Å². The number of ketones is 1. The molecule has 0 saturated heterocycles. The molecule has 1 N–H and O–H groups in total. The minimum atomic E-state index is -0.141. The fourth-order valence-electron chi connectivity index (χ4n) is 2.66. The van der Waals surface area contributed by atoms with Gasteiger partial charge in [-0.05, 0) is 29.7 Å². The van der Waals surface area contributed by atoms with Crippen molar-refractivity contribution in [1.29, 1.82) is 0 Å². The largest absolute Gasteiger partial charge is 0.379 e. The molecule has 2 aromatic carbocycles. The van der Waals surface area contributed by atoms with E-state index in [1.807, 2.05) is 36.4 Å². The van der Waals surface area contributed by atoms with Crippen molar-refractivity contribution in [2.75, 3.05) is 33.0 Å². The number of ether oxygens (including phenoxy) is 2. The first-order valence-corrected chi connectivity index (χ1v) is 11.0. The smallest absolute Gasteiger partial charge is 0.251 e. The Hall–Kier alpha value is -1.92. The number of amides is 1. The Morgan fingerprint density at radius 2 is 1.27 bits per heavy atom. The molecular formula is C23H27Cl2NO4. The average molecular weight is 452 g/mol. The van der Waals surface area contributed by atoms with Gasteiger partial charge in [0.25, 0.3) is 5.91 Å². The van der Waals surface area contributed by atoms with Crippen LogP contribution in [0.1, 0.15) is 44.7 Å². The van der Waals surface area contributed by atoms with Gasteiger partial charge in [-0.3, -0.25) is 9.59 Å². The van der Waals surface area contributed by atoms with Gasteiger partial charge in [-0.1, -0.05) is 36.4 Å². The van der Waals surface area contributed by atoms with Gasteiger partial charge in [0.2, 0.25) is 0 Å². The van der Waals surface area contributed by atoms with Gasteiger partial charge in [0.1, 0.15) is 0 Å². The molecule has 0 aliphatic rings. The summed E-state index contributed by atoms with van der Waals surface area (Å²) in [4.78, 5) is 24.1. The fraction of sp³-hybridized carbons (Fsp3) is 0.391. The lowest BCUT2D eigenvalue weighted by Gasteiger charge is -2.08. The van der Waals surface area contributed by atoms with Crippen LogP contribution in [0.5, 0.6) is 0 Å². The maximum absolute atomic E-state index is 12.1. The Morgan fingerprint density at radius 3 is 1.83 bits per heavy atom. The zero-order valence-corrected chi connectivity index (χ0v) is 18.4. The van der Waals surface area contributed by atoms with Crippen LogP contribution in [0, 0.1) is 0 Å². The van der Waals surface area contributed by atoms with Crippen molar-refractivity contribution in [1.82, 2.24) is 5.32 Å². The molecule has 0 bridgehead atoms. The van der Waals surface area contributed by atoms with Crippen LogP contribution in [-0.2, 0) is 21.2 Å². The molecule has 0 heterocycles. The molecule has 0 aliphatic carbocycles. The highest BCUT2D eigenvalue weighted by Crippen LogP contribution is 2.10. The van der Waals surface area contributed by atoms with Crippen molar-refractivity contribution < 1.29 is 19.1 Å². The van der Waals surface area contributed by atoms with Gasteiger partial charge in [-0.15, -0.1) is 23.2 Å². The molecule has 0 spiro atoms. The zero-order chi connectivity index (χ0) is 21.6. The molecule has 162 valence electrons. The molecule has 0 aromatic heterocycles. The number of hydrogen-bond acceptors (Lipinski definition) is 4. The third kappa shape index (κ3) is 8.84. The number of rotatable bonds is 14. The second kappa shape index (κ2) is 14.1. The van der Waals surface area contributed by atoms with Crippen LogP contribution in [0.2, 0.25) is 0 Å². The molecule has 2 aromatic rings. The first-order valence-electron chi connectivity index (χ1n) is 9.90. The molecule has 7 heteroatoms. The van der Waals surface area contributed by atoms with Gasteiger partial charge in [0.05, 0.1) is 19.8 Å². The summed E-state index contributed by atoms with van der Waals surface area (Å²) in [5.74, 6) is 0.832. The number of alkyl halides is 2. The lowest BCUT2D eigenvalue weighted by Crippen LogP contribution is -2.27. The van der Waals surface area contributed by atoms with E-state index in [2.05, 4.69) is 5.32 Å². The average Bonchev–Trinajstić information content (AvgIpc) is 2.80. The summed E-state index contributed by atoms with van der Waals surface area (Å²) in [5.41, 5.74) is 3.26. The lowest BCUT2D eigenvalue weighted by molar-refractivity contribution is 0.0465. The van der Waals surface area contributed by atoms with E-state index in [1.54, 1.807) is 12.1 Å². The summed E-state index contributed by atoms with van der Waals surface area (Å²) >= 11 is 11.5. The van der Waals surface area contributed by atoms with Crippen LogP contribution in [0.15, 0.2) is 48.5 Å². The Morgan fingerprint density at radius 1 is 0.733 bits per heavy atom. The van der Waals surface area contributed by atoms with Gasteiger partial charge in [0.15, 0.2) is 5.78 Å². The first kappa shape index (κ1) is 24.4. The number of carbonyl (C=O) groups is 2. The van der Waals surface area contributed by atoms with E-state index in [4.69, 9.17) is 32.7 Å². The fourth-order valence-corrected chi connectivity index (χ4v) is 3.02. The van der Waals surface area contributed by atoms with Crippen molar-refractivity contribution in [3.63, 3.8) is 0 Å². The van der Waals surface area contributed by atoms with Crippen LogP contribution in [0.4, 0.5) is 0 Å². The molecule has 30 heavy (non-hydrogen) atoms. The third-order valence-electron chi connectivity index (χ3n) is 4.40. The maximum atomic E-state index is 12.1. The van der Waals surface area contributed by atoms with Gasteiger partial charge in [-0.2, -0.15) is 0 Å². The Balaban J connectivity index is 1.46. The molecule has 1 amide bonds. The summed E-state index contributed by atoms with van der Waals surface area (Å²) in [6, 6.07) is 14.5. The van der Waals surface area contributed by atoms with Crippen molar-refractivity contribution >= 4 is 34.9 Å². The third-order valence-corrected chi connectivity index (χ3v) is 5.01. The summed E-state index contributed by atoms with van der Waals surface area (Å²) in [5, 5.41) is 2.80. The van der Waals surface area contributed by atoms with Crippen LogP contribution < -0.4 is 5.32 Å². The van der Waals surface area contributed by atoms with E-state index < -0.39 is 0 Å². The molecule has 0 saturated carbocycles. The minimum absolute atomic E-state index is 0.101. The highest BCUT2D eigenvalue weighted by Gasteiger charge is 2.06. The second-order valence-electron chi connectivity index (χ2n) is 6.67. The number of halogens is 2. The zero-order valence-electron chi connectivity index (χ0n) is 16.9. The number of hydrogen-bond donors (Lipinski definition) is 1.